The highest BCUT2D eigenvalue weighted by atomic mass is 35.5. The summed E-state index contributed by atoms with van der Waals surface area (Å²) in [5.41, 5.74) is 1.53. The molecule has 0 atom stereocenters. The predicted molar refractivity (Wildman–Crippen MR) is 90.7 cm³/mol. The third kappa shape index (κ3) is 3.90. The fourth-order valence-electron chi connectivity index (χ4n) is 2.40. The fraction of sp³-hybridized carbons (Fsp3) is 0.467. The summed E-state index contributed by atoms with van der Waals surface area (Å²) in [6.07, 6.45) is 0. The first kappa shape index (κ1) is 18.3. The van der Waals surface area contributed by atoms with Gasteiger partial charge in [0.2, 0.25) is 5.91 Å². The molecule has 0 bridgehead atoms. The molecule has 0 aliphatic heterocycles. The van der Waals surface area contributed by atoms with Crippen LogP contribution >= 0.6 is 12.4 Å². The third-order valence-corrected chi connectivity index (χ3v) is 3.42. The quantitative estimate of drug-likeness (QED) is 0.745. The van der Waals surface area contributed by atoms with Crippen LogP contribution in [0.2, 0.25) is 0 Å². The number of nitrogens with zero attached hydrogens (tertiary/aromatic N) is 2. The summed E-state index contributed by atoms with van der Waals surface area (Å²) in [5.74, 6) is -0.144. The van der Waals surface area contributed by atoms with Crippen LogP contribution < -0.4 is 16.3 Å². The van der Waals surface area contributed by atoms with Crippen molar-refractivity contribution in [3.8, 4) is 0 Å². The maximum atomic E-state index is 12.4. The van der Waals surface area contributed by atoms with E-state index in [2.05, 4.69) is 10.6 Å². The minimum Gasteiger partial charge on any atom is -0.353 e. The Kier molecular flexibility index (Phi) is 7.14. The molecule has 2 rings (SSSR count). The van der Waals surface area contributed by atoms with Crippen molar-refractivity contribution in [1.29, 1.82) is 0 Å². The Labute approximate surface area is 135 Å². The van der Waals surface area contributed by atoms with E-state index in [-0.39, 0.29) is 30.5 Å². The number of nitrogens with one attached hydrogen (secondary N) is 2. The van der Waals surface area contributed by atoms with Crippen LogP contribution in [0.15, 0.2) is 29.1 Å². The zero-order valence-corrected chi connectivity index (χ0v) is 13.8. The molecule has 0 aliphatic rings. The summed E-state index contributed by atoms with van der Waals surface area (Å²) >= 11 is 0. The summed E-state index contributed by atoms with van der Waals surface area (Å²) in [6.45, 7) is 6.75. The van der Waals surface area contributed by atoms with Gasteiger partial charge in [-0.15, -0.1) is 12.4 Å². The number of hydrogen-bond donors (Lipinski definition) is 2. The van der Waals surface area contributed by atoms with Crippen molar-refractivity contribution in [3.05, 3.63) is 34.7 Å². The summed E-state index contributed by atoms with van der Waals surface area (Å²) < 4.78 is 3.21. The van der Waals surface area contributed by atoms with Crippen molar-refractivity contribution >= 4 is 29.3 Å². The Balaban J connectivity index is 0.00000242. The van der Waals surface area contributed by atoms with Crippen molar-refractivity contribution in [2.75, 3.05) is 19.6 Å². The smallest absolute Gasteiger partial charge is 0.329 e. The first-order valence-electron chi connectivity index (χ1n) is 7.34. The Hall–Kier alpha value is -1.79. The average molecular weight is 327 g/mol. The number of likely N-dealkylation sites (N-methyl/N-ethyl adjacent to an activating group) is 1. The molecule has 2 aromatic rings. The molecular weight excluding hydrogens is 304 g/mol. The molecule has 0 radical (unpaired) electrons. The lowest BCUT2D eigenvalue weighted by atomic mass is 10.3. The SMILES string of the molecule is CCNCCNC(=O)Cn1c(=O)n(CC)c2ccccc21.Cl. The molecule has 0 unspecified atom stereocenters. The highest BCUT2D eigenvalue weighted by Gasteiger charge is 2.13. The van der Waals surface area contributed by atoms with Crippen LogP contribution in [0.3, 0.4) is 0 Å². The van der Waals surface area contributed by atoms with E-state index in [1.165, 1.54) is 4.57 Å². The van der Waals surface area contributed by atoms with Gasteiger partial charge in [-0.05, 0) is 25.6 Å². The van der Waals surface area contributed by atoms with Crippen LogP contribution in [0.4, 0.5) is 0 Å². The second kappa shape index (κ2) is 8.60. The summed E-state index contributed by atoms with van der Waals surface area (Å²) in [6, 6.07) is 7.55. The van der Waals surface area contributed by atoms with Gasteiger partial charge in [-0.3, -0.25) is 13.9 Å². The summed E-state index contributed by atoms with van der Waals surface area (Å²) in [4.78, 5) is 24.3. The van der Waals surface area contributed by atoms with Gasteiger partial charge in [-0.25, -0.2) is 4.79 Å². The number of fused-ring (bicyclic) bond motifs is 1. The molecule has 0 fully saturated rings. The first-order chi connectivity index (χ1) is 10.2. The minimum atomic E-state index is -0.144. The topological polar surface area (TPSA) is 68.1 Å². The molecular formula is C15H23ClN4O2. The molecule has 1 aromatic heterocycles. The van der Waals surface area contributed by atoms with Gasteiger partial charge in [0, 0.05) is 19.6 Å². The van der Waals surface area contributed by atoms with E-state index in [1.54, 1.807) is 4.57 Å². The molecule has 122 valence electrons. The number of benzene rings is 1. The molecule has 6 nitrogen and oxygen atoms in total. The molecule has 1 amide bonds. The van der Waals surface area contributed by atoms with E-state index in [9.17, 15) is 9.59 Å². The molecule has 0 aliphatic carbocycles. The van der Waals surface area contributed by atoms with Gasteiger partial charge >= 0.3 is 5.69 Å². The summed E-state index contributed by atoms with van der Waals surface area (Å²) in [7, 11) is 0. The standard InChI is InChI=1S/C15H22N4O2.ClH/c1-3-16-9-10-17-14(20)11-19-13-8-6-5-7-12(13)18(4-2)15(19)21;/h5-8,16H,3-4,9-11H2,1-2H3,(H,17,20);1H. The molecule has 1 heterocycles. The molecule has 0 saturated heterocycles. The Morgan fingerprint density at radius 1 is 1.09 bits per heavy atom. The van der Waals surface area contributed by atoms with Crippen LogP contribution in [0.25, 0.3) is 11.0 Å². The molecule has 1 aromatic carbocycles. The van der Waals surface area contributed by atoms with Gasteiger partial charge in [0.25, 0.3) is 0 Å². The van der Waals surface area contributed by atoms with Gasteiger partial charge in [0.15, 0.2) is 0 Å². The molecule has 22 heavy (non-hydrogen) atoms. The molecule has 0 saturated carbocycles. The maximum absolute atomic E-state index is 12.4. The van der Waals surface area contributed by atoms with E-state index < -0.39 is 0 Å². The van der Waals surface area contributed by atoms with Crippen molar-refractivity contribution in [3.63, 3.8) is 0 Å². The Morgan fingerprint density at radius 2 is 1.73 bits per heavy atom. The van der Waals surface area contributed by atoms with E-state index >= 15 is 0 Å². The zero-order chi connectivity index (χ0) is 15.2. The number of amides is 1. The van der Waals surface area contributed by atoms with Crippen molar-refractivity contribution < 1.29 is 4.79 Å². The lowest BCUT2D eigenvalue weighted by molar-refractivity contribution is -0.121. The number of hydrogen-bond acceptors (Lipinski definition) is 3. The first-order valence-corrected chi connectivity index (χ1v) is 7.34. The van der Waals surface area contributed by atoms with Crippen LogP contribution in [0.5, 0.6) is 0 Å². The van der Waals surface area contributed by atoms with Crippen molar-refractivity contribution in [2.24, 2.45) is 0 Å². The zero-order valence-electron chi connectivity index (χ0n) is 13.0. The van der Waals surface area contributed by atoms with Gasteiger partial charge in [0.1, 0.15) is 6.54 Å². The normalized spacial score (nSPS) is 10.5. The van der Waals surface area contributed by atoms with Crippen molar-refractivity contribution in [2.45, 2.75) is 26.9 Å². The summed E-state index contributed by atoms with van der Waals surface area (Å²) in [5, 5.41) is 5.95. The molecule has 7 heteroatoms. The fourth-order valence-corrected chi connectivity index (χ4v) is 2.40. The van der Waals surface area contributed by atoms with Gasteiger partial charge in [-0.2, -0.15) is 0 Å². The number of imidazole rings is 1. The van der Waals surface area contributed by atoms with Crippen molar-refractivity contribution in [1.82, 2.24) is 19.8 Å². The number of carbonyl (C=O) groups excluding carboxylic acids is 1. The molecule has 0 spiro atoms. The number of aryl methyl sites for hydroxylation is 1. The highest BCUT2D eigenvalue weighted by Crippen LogP contribution is 2.12. The Bertz CT molecular complexity index is 678. The number of aromatic nitrogens is 2. The lowest BCUT2D eigenvalue weighted by Crippen LogP contribution is -2.36. The number of para-hydroxylation sites is 2. The van der Waals surface area contributed by atoms with E-state index in [1.807, 2.05) is 38.1 Å². The largest absolute Gasteiger partial charge is 0.353 e. The molecule has 2 N–H and O–H groups in total. The third-order valence-electron chi connectivity index (χ3n) is 3.42. The van der Waals surface area contributed by atoms with Crippen LogP contribution in [0.1, 0.15) is 13.8 Å². The van der Waals surface area contributed by atoms with Crippen LogP contribution in [-0.2, 0) is 17.9 Å². The highest BCUT2D eigenvalue weighted by molar-refractivity contribution is 5.85. The average Bonchev–Trinajstić information content (AvgIpc) is 2.76. The Morgan fingerprint density at radius 3 is 2.32 bits per heavy atom. The minimum absolute atomic E-state index is 0. The van der Waals surface area contributed by atoms with Crippen LogP contribution in [0, 0.1) is 0 Å². The predicted octanol–water partition coefficient (Wildman–Crippen LogP) is 0.970. The number of carbonyl (C=O) groups is 1. The van der Waals surface area contributed by atoms with Gasteiger partial charge < -0.3 is 10.6 Å². The van der Waals surface area contributed by atoms with E-state index in [0.29, 0.717) is 13.1 Å². The second-order valence-corrected chi connectivity index (χ2v) is 4.81. The van der Waals surface area contributed by atoms with Crippen LogP contribution in [-0.4, -0.2) is 34.7 Å². The monoisotopic (exact) mass is 326 g/mol. The number of halogens is 1. The number of rotatable bonds is 7. The van der Waals surface area contributed by atoms with Gasteiger partial charge in [-0.1, -0.05) is 19.1 Å². The van der Waals surface area contributed by atoms with E-state index in [4.69, 9.17) is 0 Å². The lowest BCUT2D eigenvalue weighted by Gasteiger charge is -2.06. The second-order valence-electron chi connectivity index (χ2n) is 4.81. The van der Waals surface area contributed by atoms with E-state index in [0.717, 1.165) is 24.1 Å². The maximum Gasteiger partial charge on any atom is 0.329 e. The van der Waals surface area contributed by atoms with Gasteiger partial charge in [0.05, 0.1) is 11.0 Å².